The average molecular weight is 319 g/mol. The zero-order valence-electron chi connectivity index (χ0n) is 13.1. The summed E-state index contributed by atoms with van der Waals surface area (Å²) in [5.41, 5.74) is 2.28. The van der Waals surface area contributed by atoms with Crippen LogP contribution in [0.5, 0.6) is 0 Å². The molecule has 0 amide bonds. The van der Waals surface area contributed by atoms with Crippen molar-refractivity contribution in [3.05, 3.63) is 40.4 Å². The lowest BCUT2D eigenvalue weighted by molar-refractivity contribution is -0.931. The van der Waals surface area contributed by atoms with Gasteiger partial charge in [-0.15, -0.1) is 0 Å². The number of nitrogens with zero attached hydrogens (tertiary/aromatic N) is 3. The number of benzene rings is 1. The maximum absolute atomic E-state index is 9.81. The molecule has 2 aromatic rings. The minimum absolute atomic E-state index is 0.196. The molecule has 1 unspecified atom stereocenters. The number of hydrogen-bond donors (Lipinski definition) is 2. The predicted octanol–water partition coefficient (Wildman–Crippen LogP) is 1.02. The molecular weight excluding hydrogens is 296 g/mol. The highest BCUT2D eigenvalue weighted by Crippen LogP contribution is 2.12. The van der Waals surface area contributed by atoms with Gasteiger partial charge in [0.25, 0.3) is 0 Å². The molecule has 0 saturated carbocycles. The van der Waals surface area contributed by atoms with Crippen molar-refractivity contribution in [1.82, 2.24) is 14.3 Å². The second kappa shape index (κ2) is 6.32. The first-order chi connectivity index (χ1) is 10.5. The van der Waals surface area contributed by atoms with Crippen molar-refractivity contribution in [1.29, 1.82) is 0 Å². The van der Waals surface area contributed by atoms with Crippen LogP contribution in [0, 0.1) is 18.6 Å². The molecule has 0 bridgehead atoms. The molecule has 118 valence electrons. The fraction of sp³-hybridized carbons (Fsp3) is 0.500. The zero-order chi connectivity index (χ0) is 15.7. The molecule has 22 heavy (non-hydrogen) atoms. The number of aromatic nitrogens is 3. The molecule has 1 aromatic heterocycles. The number of hydrogen-bond acceptors (Lipinski definition) is 3. The SMILES string of the molecule is Cc1ccc(-n2c(C)nn(C[NH+]3CCC[C@@H](O)C3)c2=S)cc1. The second-order valence-electron chi connectivity index (χ2n) is 6.16. The fourth-order valence-corrected chi connectivity index (χ4v) is 3.43. The Bertz CT molecular complexity index is 704. The van der Waals surface area contributed by atoms with Crippen molar-refractivity contribution in [3.8, 4) is 5.69 Å². The van der Waals surface area contributed by atoms with Crippen LogP contribution in [0.1, 0.15) is 24.2 Å². The van der Waals surface area contributed by atoms with Gasteiger partial charge in [0.05, 0.1) is 6.54 Å². The third-order valence-corrected chi connectivity index (χ3v) is 4.65. The summed E-state index contributed by atoms with van der Waals surface area (Å²) in [6.07, 6.45) is 1.77. The lowest BCUT2D eigenvalue weighted by Gasteiger charge is -2.26. The Morgan fingerprint density at radius 2 is 2.05 bits per heavy atom. The molecule has 1 saturated heterocycles. The van der Waals surface area contributed by atoms with Gasteiger partial charge >= 0.3 is 0 Å². The van der Waals surface area contributed by atoms with Crippen molar-refractivity contribution in [3.63, 3.8) is 0 Å². The second-order valence-corrected chi connectivity index (χ2v) is 6.52. The number of likely N-dealkylation sites (tertiary alicyclic amines) is 1. The van der Waals surface area contributed by atoms with Gasteiger partial charge in [-0.1, -0.05) is 17.7 Å². The van der Waals surface area contributed by atoms with E-state index in [1.165, 1.54) is 10.5 Å². The number of rotatable bonds is 3. The van der Waals surface area contributed by atoms with Gasteiger partial charge in [0.1, 0.15) is 18.5 Å². The van der Waals surface area contributed by atoms with E-state index >= 15 is 0 Å². The average Bonchev–Trinajstić information content (AvgIpc) is 2.75. The molecule has 1 aliphatic rings. The standard InChI is InChI=1S/C16H22N4OS/c1-12-5-7-14(8-6-12)20-13(2)17-19(16(20)22)11-18-9-3-4-15(21)10-18/h5-8,15,21H,3-4,9-11H2,1-2H3/p+1/t15-/m1/s1. The monoisotopic (exact) mass is 319 g/mol. The molecule has 0 aliphatic carbocycles. The van der Waals surface area contributed by atoms with E-state index in [9.17, 15) is 5.11 Å². The van der Waals surface area contributed by atoms with Crippen LogP contribution in [0.4, 0.5) is 0 Å². The van der Waals surface area contributed by atoms with E-state index in [2.05, 4.69) is 36.3 Å². The number of aryl methyl sites for hydroxylation is 2. The van der Waals surface area contributed by atoms with E-state index in [-0.39, 0.29) is 6.10 Å². The van der Waals surface area contributed by atoms with Crippen molar-refractivity contribution in [2.24, 2.45) is 0 Å². The molecule has 1 aliphatic heterocycles. The zero-order valence-corrected chi connectivity index (χ0v) is 13.9. The Labute approximate surface area is 135 Å². The van der Waals surface area contributed by atoms with Gasteiger partial charge in [-0.3, -0.25) is 4.57 Å². The molecule has 1 fully saturated rings. The minimum atomic E-state index is -0.196. The predicted molar refractivity (Wildman–Crippen MR) is 87.8 cm³/mol. The lowest BCUT2D eigenvalue weighted by atomic mass is 10.1. The van der Waals surface area contributed by atoms with Gasteiger partial charge in [0.15, 0.2) is 6.67 Å². The summed E-state index contributed by atoms with van der Waals surface area (Å²) in [5.74, 6) is 0.894. The number of aliphatic hydroxyl groups is 1. The molecule has 3 rings (SSSR count). The highest BCUT2D eigenvalue weighted by Gasteiger charge is 2.22. The molecule has 1 aromatic carbocycles. The fourth-order valence-electron chi connectivity index (χ4n) is 3.09. The van der Waals surface area contributed by atoms with Crippen molar-refractivity contribution in [2.45, 2.75) is 39.5 Å². The topological polar surface area (TPSA) is 47.4 Å². The molecule has 0 spiro atoms. The van der Waals surface area contributed by atoms with E-state index in [1.54, 1.807) is 0 Å². The lowest BCUT2D eigenvalue weighted by Crippen LogP contribution is -3.13. The molecule has 2 heterocycles. The first-order valence-corrected chi connectivity index (χ1v) is 8.20. The maximum Gasteiger partial charge on any atom is 0.207 e. The first kappa shape index (κ1) is 15.4. The van der Waals surface area contributed by atoms with Crippen LogP contribution in [0.25, 0.3) is 5.69 Å². The molecule has 6 heteroatoms. The van der Waals surface area contributed by atoms with Crippen LogP contribution in [0.15, 0.2) is 24.3 Å². The molecule has 2 atom stereocenters. The Morgan fingerprint density at radius 3 is 2.73 bits per heavy atom. The number of piperidine rings is 1. The van der Waals surface area contributed by atoms with Gasteiger partial charge < -0.3 is 10.0 Å². The van der Waals surface area contributed by atoms with Gasteiger partial charge in [0.2, 0.25) is 4.77 Å². The number of nitrogens with one attached hydrogen (secondary N) is 1. The van der Waals surface area contributed by atoms with Crippen LogP contribution in [-0.2, 0) is 6.67 Å². The van der Waals surface area contributed by atoms with E-state index in [1.807, 2.05) is 16.2 Å². The minimum Gasteiger partial charge on any atom is -0.387 e. The molecule has 2 N–H and O–H groups in total. The summed E-state index contributed by atoms with van der Waals surface area (Å²) >= 11 is 5.61. The van der Waals surface area contributed by atoms with Gasteiger partial charge in [-0.2, -0.15) is 9.78 Å². The van der Waals surface area contributed by atoms with Gasteiger partial charge in [-0.25, -0.2) is 0 Å². The molecule has 5 nitrogen and oxygen atoms in total. The first-order valence-electron chi connectivity index (χ1n) is 7.80. The van der Waals surface area contributed by atoms with Gasteiger partial charge in [0, 0.05) is 5.69 Å². The van der Waals surface area contributed by atoms with E-state index in [4.69, 9.17) is 12.2 Å². The summed E-state index contributed by atoms with van der Waals surface area (Å²) in [7, 11) is 0. The molecular formula is C16H23N4OS+. The Balaban J connectivity index is 1.87. The van der Waals surface area contributed by atoms with Crippen molar-refractivity contribution < 1.29 is 10.0 Å². The van der Waals surface area contributed by atoms with Crippen LogP contribution >= 0.6 is 12.2 Å². The van der Waals surface area contributed by atoms with Crippen LogP contribution in [0.2, 0.25) is 0 Å². The molecule has 0 radical (unpaired) electrons. The van der Waals surface area contributed by atoms with Crippen molar-refractivity contribution >= 4 is 12.2 Å². The van der Waals surface area contributed by atoms with E-state index in [0.717, 1.165) is 44.1 Å². The quantitative estimate of drug-likeness (QED) is 0.831. The number of quaternary nitrogens is 1. The van der Waals surface area contributed by atoms with Crippen LogP contribution in [-0.4, -0.2) is 38.6 Å². The Morgan fingerprint density at radius 1 is 1.32 bits per heavy atom. The Kier molecular flexibility index (Phi) is 4.42. The normalized spacial score (nSPS) is 22.0. The maximum atomic E-state index is 9.81. The Hall–Kier alpha value is -1.50. The number of aliphatic hydroxyl groups excluding tert-OH is 1. The van der Waals surface area contributed by atoms with E-state index in [0.29, 0.717) is 4.77 Å². The summed E-state index contributed by atoms with van der Waals surface area (Å²) in [4.78, 5) is 1.34. The summed E-state index contributed by atoms with van der Waals surface area (Å²) in [5, 5.41) is 14.4. The summed E-state index contributed by atoms with van der Waals surface area (Å²) in [6.45, 7) is 6.61. The smallest absolute Gasteiger partial charge is 0.207 e. The van der Waals surface area contributed by atoms with Crippen LogP contribution < -0.4 is 4.90 Å². The highest BCUT2D eigenvalue weighted by atomic mass is 32.1. The largest absolute Gasteiger partial charge is 0.387 e. The van der Waals surface area contributed by atoms with Crippen molar-refractivity contribution in [2.75, 3.05) is 13.1 Å². The highest BCUT2D eigenvalue weighted by molar-refractivity contribution is 7.71. The van der Waals surface area contributed by atoms with E-state index < -0.39 is 0 Å². The summed E-state index contributed by atoms with van der Waals surface area (Å²) < 4.78 is 4.61. The van der Waals surface area contributed by atoms with Gasteiger partial charge in [-0.05, 0) is 51.0 Å². The third-order valence-electron chi connectivity index (χ3n) is 4.26. The summed E-state index contributed by atoms with van der Waals surface area (Å²) in [6, 6.07) is 8.31. The third kappa shape index (κ3) is 3.14. The van der Waals surface area contributed by atoms with Crippen LogP contribution in [0.3, 0.4) is 0 Å².